The Bertz CT molecular complexity index is 440. The molecule has 1 N–H and O–H groups in total. The van der Waals surface area contributed by atoms with Crippen LogP contribution in [0.3, 0.4) is 0 Å². The van der Waals surface area contributed by atoms with Gasteiger partial charge < -0.3 is 14.7 Å². The maximum Gasteiger partial charge on any atom is 0.358 e. The van der Waals surface area contributed by atoms with E-state index in [0.717, 1.165) is 0 Å². The van der Waals surface area contributed by atoms with Crippen molar-refractivity contribution in [1.82, 2.24) is 0 Å². The van der Waals surface area contributed by atoms with Crippen molar-refractivity contribution in [2.75, 3.05) is 13.7 Å². The first kappa shape index (κ1) is 12.8. The highest BCUT2D eigenvalue weighted by atomic mass is 16.6. The van der Waals surface area contributed by atoms with Gasteiger partial charge in [-0.05, 0) is 12.1 Å². The van der Waals surface area contributed by atoms with Gasteiger partial charge in [-0.1, -0.05) is 29.9 Å². The smallest absolute Gasteiger partial charge is 0.358 e. The Hall–Kier alpha value is -2.30. The van der Waals surface area contributed by atoms with Crippen LogP contribution in [0.25, 0.3) is 0 Å². The van der Waals surface area contributed by atoms with Gasteiger partial charge in [0.25, 0.3) is 0 Å². The van der Waals surface area contributed by atoms with E-state index in [0.29, 0.717) is 11.3 Å². The summed E-state index contributed by atoms with van der Waals surface area (Å²) in [6.45, 7) is 3.59. The standard InChI is InChI=1S/C12H13NO4/c1-3-7-17-13-11(12(14)15)9-5-4-6-10(8-9)16-2/h3-6,8H,1,7H2,2H3,(H,14,15)/b13-11-. The number of rotatable bonds is 6. The Labute approximate surface area is 99.0 Å². The highest BCUT2D eigenvalue weighted by Crippen LogP contribution is 2.13. The van der Waals surface area contributed by atoms with Gasteiger partial charge >= 0.3 is 5.97 Å². The number of carbonyl (C=O) groups is 1. The zero-order valence-electron chi connectivity index (χ0n) is 9.42. The number of oxime groups is 1. The zero-order valence-corrected chi connectivity index (χ0v) is 9.42. The number of ether oxygens (including phenoxy) is 1. The van der Waals surface area contributed by atoms with Crippen LogP contribution in [0, 0.1) is 0 Å². The molecule has 1 aromatic carbocycles. The number of aliphatic carboxylic acids is 1. The fraction of sp³-hybridized carbons (Fsp3) is 0.167. The quantitative estimate of drug-likeness (QED) is 0.352. The van der Waals surface area contributed by atoms with Crippen molar-refractivity contribution in [2.45, 2.75) is 0 Å². The molecule has 0 aliphatic rings. The van der Waals surface area contributed by atoms with E-state index in [9.17, 15) is 4.79 Å². The molecule has 0 heterocycles. The van der Waals surface area contributed by atoms with E-state index in [1.165, 1.54) is 13.2 Å². The predicted octanol–water partition coefficient (Wildman–Crippen LogP) is 1.69. The molecule has 5 nitrogen and oxygen atoms in total. The fourth-order valence-corrected chi connectivity index (χ4v) is 1.14. The number of carboxylic acid groups (broad SMARTS) is 1. The predicted molar refractivity (Wildman–Crippen MR) is 63.3 cm³/mol. The molecule has 0 fully saturated rings. The van der Waals surface area contributed by atoms with E-state index >= 15 is 0 Å². The minimum atomic E-state index is -1.16. The summed E-state index contributed by atoms with van der Waals surface area (Å²) in [6.07, 6.45) is 1.48. The van der Waals surface area contributed by atoms with Crippen molar-refractivity contribution >= 4 is 11.7 Å². The fourth-order valence-electron chi connectivity index (χ4n) is 1.14. The molecule has 17 heavy (non-hydrogen) atoms. The van der Waals surface area contributed by atoms with Crippen molar-refractivity contribution in [3.8, 4) is 5.75 Å². The van der Waals surface area contributed by atoms with Gasteiger partial charge in [0.05, 0.1) is 7.11 Å². The first-order valence-electron chi connectivity index (χ1n) is 4.87. The molecular weight excluding hydrogens is 222 g/mol. The molecule has 0 aliphatic carbocycles. The number of hydrogen-bond acceptors (Lipinski definition) is 4. The molecule has 0 aromatic heterocycles. The summed E-state index contributed by atoms with van der Waals surface area (Å²) in [5, 5.41) is 12.6. The summed E-state index contributed by atoms with van der Waals surface area (Å²) in [6, 6.07) is 6.59. The minimum Gasteiger partial charge on any atom is -0.497 e. The Balaban J connectivity index is 3.00. The maximum absolute atomic E-state index is 11.0. The van der Waals surface area contributed by atoms with E-state index < -0.39 is 5.97 Å². The van der Waals surface area contributed by atoms with Crippen molar-refractivity contribution in [2.24, 2.45) is 5.16 Å². The minimum absolute atomic E-state index is 0.154. The molecule has 1 rings (SSSR count). The van der Waals surface area contributed by atoms with Crippen LogP contribution in [-0.2, 0) is 9.63 Å². The van der Waals surface area contributed by atoms with Crippen LogP contribution < -0.4 is 4.74 Å². The lowest BCUT2D eigenvalue weighted by Gasteiger charge is -2.04. The maximum atomic E-state index is 11.0. The topological polar surface area (TPSA) is 68.1 Å². The summed E-state index contributed by atoms with van der Waals surface area (Å²) in [4.78, 5) is 15.8. The molecule has 0 spiro atoms. The van der Waals surface area contributed by atoms with Crippen molar-refractivity contribution in [3.05, 3.63) is 42.5 Å². The van der Waals surface area contributed by atoms with Gasteiger partial charge in [-0.15, -0.1) is 0 Å². The third kappa shape index (κ3) is 3.64. The summed E-state index contributed by atoms with van der Waals surface area (Å²) < 4.78 is 5.01. The summed E-state index contributed by atoms with van der Waals surface area (Å²) in [7, 11) is 1.50. The number of hydrogen-bond donors (Lipinski definition) is 1. The Kier molecular flexibility index (Phi) is 4.75. The van der Waals surface area contributed by atoms with Crippen molar-refractivity contribution in [1.29, 1.82) is 0 Å². The van der Waals surface area contributed by atoms with Crippen LogP contribution in [-0.4, -0.2) is 30.5 Å². The molecule has 0 aliphatic heterocycles. The van der Waals surface area contributed by atoms with E-state index in [1.807, 2.05) is 0 Å². The van der Waals surface area contributed by atoms with Gasteiger partial charge in [-0.3, -0.25) is 0 Å². The lowest BCUT2D eigenvalue weighted by atomic mass is 10.1. The Morgan fingerprint density at radius 3 is 2.94 bits per heavy atom. The third-order valence-corrected chi connectivity index (χ3v) is 1.89. The zero-order chi connectivity index (χ0) is 12.7. The average molecular weight is 235 g/mol. The van der Waals surface area contributed by atoms with Crippen molar-refractivity contribution in [3.63, 3.8) is 0 Å². The first-order valence-corrected chi connectivity index (χ1v) is 4.87. The normalized spacial score (nSPS) is 10.8. The second kappa shape index (κ2) is 6.32. The monoisotopic (exact) mass is 235 g/mol. The molecule has 1 aromatic rings. The van der Waals surface area contributed by atoms with E-state index in [1.54, 1.807) is 24.3 Å². The second-order valence-electron chi connectivity index (χ2n) is 3.06. The highest BCUT2D eigenvalue weighted by Gasteiger charge is 2.14. The molecule has 0 radical (unpaired) electrons. The summed E-state index contributed by atoms with van der Waals surface area (Å²) >= 11 is 0. The largest absolute Gasteiger partial charge is 0.497 e. The van der Waals surface area contributed by atoms with Crippen LogP contribution in [0.4, 0.5) is 0 Å². The van der Waals surface area contributed by atoms with Gasteiger partial charge in [0.2, 0.25) is 0 Å². The molecule has 0 bridgehead atoms. The molecular formula is C12H13NO4. The summed E-state index contributed by atoms with van der Waals surface area (Å²) in [5.41, 5.74) is 0.242. The number of methoxy groups -OCH3 is 1. The van der Waals surface area contributed by atoms with Gasteiger partial charge in [0, 0.05) is 5.56 Å². The number of carboxylic acids is 1. The van der Waals surface area contributed by atoms with Crippen LogP contribution in [0.1, 0.15) is 5.56 Å². The molecule has 0 unspecified atom stereocenters. The molecule has 90 valence electrons. The third-order valence-electron chi connectivity index (χ3n) is 1.89. The molecule has 0 saturated heterocycles. The Morgan fingerprint density at radius 1 is 1.59 bits per heavy atom. The van der Waals surface area contributed by atoms with Crippen LogP contribution in [0.15, 0.2) is 42.1 Å². The van der Waals surface area contributed by atoms with Gasteiger partial charge in [0.15, 0.2) is 5.71 Å². The van der Waals surface area contributed by atoms with E-state index in [4.69, 9.17) is 14.7 Å². The van der Waals surface area contributed by atoms with Gasteiger partial charge in [-0.2, -0.15) is 0 Å². The molecule has 5 heteroatoms. The van der Waals surface area contributed by atoms with Gasteiger partial charge in [-0.25, -0.2) is 4.79 Å². The van der Waals surface area contributed by atoms with E-state index in [-0.39, 0.29) is 12.3 Å². The summed E-state index contributed by atoms with van der Waals surface area (Å²) in [5.74, 6) is -0.609. The number of benzene rings is 1. The lowest BCUT2D eigenvalue weighted by Crippen LogP contribution is -2.15. The van der Waals surface area contributed by atoms with Crippen LogP contribution in [0.2, 0.25) is 0 Å². The second-order valence-corrected chi connectivity index (χ2v) is 3.06. The van der Waals surface area contributed by atoms with Gasteiger partial charge in [0.1, 0.15) is 12.4 Å². The molecule has 0 amide bonds. The SMILES string of the molecule is C=CCO/N=C(\C(=O)O)c1cccc(OC)c1. The first-order chi connectivity index (χ1) is 8.19. The van der Waals surface area contributed by atoms with Crippen LogP contribution in [0.5, 0.6) is 5.75 Å². The molecule has 0 saturated carbocycles. The molecule has 0 atom stereocenters. The Morgan fingerprint density at radius 2 is 2.35 bits per heavy atom. The van der Waals surface area contributed by atoms with Crippen LogP contribution >= 0.6 is 0 Å². The van der Waals surface area contributed by atoms with Crippen molar-refractivity contribution < 1.29 is 19.5 Å². The number of nitrogens with zero attached hydrogens (tertiary/aromatic N) is 1. The highest BCUT2D eigenvalue weighted by molar-refractivity contribution is 6.42. The lowest BCUT2D eigenvalue weighted by molar-refractivity contribution is -0.129. The average Bonchev–Trinajstić information content (AvgIpc) is 2.34. The van der Waals surface area contributed by atoms with E-state index in [2.05, 4.69) is 11.7 Å².